The first-order valence-corrected chi connectivity index (χ1v) is 8.29. The van der Waals surface area contributed by atoms with E-state index in [0.717, 1.165) is 12.1 Å². The zero-order valence-corrected chi connectivity index (χ0v) is 14.4. The van der Waals surface area contributed by atoms with Crippen LogP contribution in [-0.2, 0) is 0 Å². The maximum Gasteiger partial charge on any atom is 0.398 e. The number of aryl methyl sites for hydroxylation is 1. The number of aromatic amines is 1. The van der Waals surface area contributed by atoms with Crippen molar-refractivity contribution in [1.82, 2.24) is 14.8 Å². The Balaban J connectivity index is 2.60. The van der Waals surface area contributed by atoms with E-state index in [1.807, 2.05) is 4.98 Å². The quantitative estimate of drug-likeness (QED) is 0.481. The van der Waals surface area contributed by atoms with Crippen molar-refractivity contribution in [3.05, 3.63) is 50.0 Å². The molecule has 2 rings (SSSR count). The zero-order chi connectivity index (χ0) is 19.6. The van der Waals surface area contributed by atoms with Crippen molar-refractivity contribution in [2.24, 2.45) is 0 Å². The lowest BCUT2D eigenvalue weighted by atomic mass is 10.2. The van der Waals surface area contributed by atoms with E-state index < -0.39 is 46.2 Å². The third-order valence-electron chi connectivity index (χ3n) is 3.28. The molecule has 0 fully saturated rings. The molecule has 1 aromatic carbocycles. The van der Waals surface area contributed by atoms with Gasteiger partial charge in [-0.05, 0) is 24.6 Å². The van der Waals surface area contributed by atoms with Crippen molar-refractivity contribution in [2.45, 2.75) is 31.3 Å². The Kier molecular flexibility index (Phi) is 5.69. The van der Waals surface area contributed by atoms with Crippen molar-refractivity contribution < 1.29 is 22.4 Å². The summed E-state index contributed by atoms with van der Waals surface area (Å²) in [5.74, 6) is -2.80. The second-order valence-electron chi connectivity index (χ2n) is 5.27. The van der Waals surface area contributed by atoms with Gasteiger partial charge in [0.25, 0.3) is 5.56 Å². The van der Waals surface area contributed by atoms with Gasteiger partial charge in [0.1, 0.15) is 11.5 Å². The summed E-state index contributed by atoms with van der Waals surface area (Å²) in [6, 6.07) is 1.97. The van der Waals surface area contributed by atoms with E-state index in [0.29, 0.717) is 16.4 Å². The molecule has 0 radical (unpaired) electrons. The molecular formula is C15H13F4N3O3S. The van der Waals surface area contributed by atoms with Crippen LogP contribution in [-0.4, -0.2) is 32.5 Å². The van der Waals surface area contributed by atoms with Crippen molar-refractivity contribution >= 4 is 17.5 Å². The van der Waals surface area contributed by atoms with Crippen LogP contribution < -0.4 is 11.2 Å². The lowest BCUT2D eigenvalue weighted by Gasteiger charge is -2.12. The fourth-order valence-electron chi connectivity index (χ4n) is 2.03. The third-order valence-corrected chi connectivity index (χ3v) is 4.50. The first-order chi connectivity index (χ1) is 12.0. The van der Waals surface area contributed by atoms with Crippen molar-refractivity contribution in [3.63, 3.8) is 0 Å². The van der Waals surface area contributed by atoms with Gasteiger partial charge in [-0.1, -0.05) is 6.92 Å². The number of halogens is 4. The number of thioether (sulfide) groups is 1. The van der Waals surface area contributed by atoms with Gasteiger partial charge in [0, 0.05) is 11.3 Å². The van der Waals surface area contributed by atoms with Gasteiger partial charge in [0.2, 0.25) is 0 Å². The topological polar surface area (TPSA) is 84.8 Å². The van der Waals surface area contributed by atoms with Gasteiger partial charge in [-0.15, -0.1) is 11.8 Å². The van der Waals surface area contributed by atoms with Crippen LogP contribution >= 0.6 is 11.8 Å². The molecule has 140 valence electrons. The molecule has 0 amide bonds. The predicted octanol–water partition coefficient (Wildman–Crippen LogP) is 2.62. The Labute approximate surface area is 148 Å². The highest BCUT2D eigenvalue weighted by Gasteiger charge is 2.28. The number of benzene rings is 1. The van der Waals surface area contributed by atoms with E-state index in [2.05, 4.69) is 5.10 Å². The van der Waals surface area contributed by atoms with Gasteiger partial charge < -0.3 is 0 Å². The maximum atomic E-state index is 14.3. The SMILES string of the molecule is CCC(=O)c1nn(-c2cc(SCC(F)(F)F)c(C)cc2F)c(=O)[nH]c1=O. The van der Waals surface area contributed by atoms with Gasteiger partial charge >= 0.3 is 11.9 Å². The number of H-pyrrole nitrogens is 1. The monoisotopic (exact) mass is 391 g/mol. The number of nitrogens with zero attached hydrogens (tertiary/aromatic N) is 2. The van der Waals surface area contributed by atoms with Crippen LogP contribution in [0.25, 0.3) is 5.69 Å². The predicted molar refractivity (Wildman–Crippen MR) is 86.6 cm³/mol. The Morgan fingerprint density at radius 2 is 1.96 bits per heavy atom. The van der Waals surface area contributed by atoms with Crippen LogP contribution in [0.15, 0.2) is 26.6 Å². The van der Waals surface area contributed by atoms with Crippen molar-refractivity contribution in [3.8, 4) is 5.69 Å². The average Bonchev–Trinajstić information content (AvgIpc) is 2.53. The Hall–Kier alpha value is -2.43. The minimum atomic E-state index is -4.43. The molecule has 1 heterocycles. The van der Waals surface area contributed by atoms with Crippen LogP contribution in [0, 0.1) is 12.7 Å². The van der Waals surface area contributed by atoms with E-state index in [1.165, 1.54) is 13.8 Å². The van der Waals surface area contributed by atoms with Crippen molar-refractivity contribution in [2.75, 3.05) is 5.75 Å². The number of Topliss-reactive ketones (excluding diaryl/α,β-unsaturated/α-hetero) is 1. The zero-order valence-electron chi connectivity index (χ0n) is 13.6. The minimum absolute atomic E-state index is 0.0721. The van der Waals surface area contributed by atoms with E-state index in [4.69, 9.17) is 0 Å². The number of carbonyl (C=O) groups is 1. The summed E-state index contributed by atoms with van der Waals surface area (Å²) >= 11 is 0.422. The normalized spacial score (nSPS) is 11.6. The highest BCUT2D eigenvalue weighted by atomic mass is 32.2. The number of alkyl halides is 3. The Bertz CT molecular complexity index is 966. The number of hydrogen-bond donors (Lipinski definition) is 1. The third kappa shape index (κ3) is 4.40. The van der Waals surface area contributed by atoms with Gasteiger partial charge in [-0.3, -0.25) is 14.6 Å². The van der Waals surface area contributed by atoms with Crippen LogP contribution in [0.4, 0.5) is 17.6 Å². The van der Waals surface area contributed by atoms with Gasteiger partial charge in [0.15, 0.2) is 11.5 Å². The van der Waals surface area contributed by atoms with Crippen LogP contribution in [0.2, 0.25) is 0 Å². The summed E-state index contributed by atoms with van der Waals surface area (Å²) in [6.45, 7) is 2.89. The standard InChI is InChI=1S/C15H13F4N3O3S/c1-3-10(23)12-13(24)20-14(25)22(21-12)9-5-11(7(2)4-8(9)16)26-6-15(17,18)19/h4-5H,3,6H2,1-2H3,(H,20,24,25). The summed E-state index contributed by atoms with van der Waals surface area (Å²) in [4.78, 5) is 37.3. The molecule has 6 nitrogen and oxygen atoms in total. The van der Waals surface area contributed by atoms with Crippen LogP contribution in [0.1, 0.15) is 29.4 Å². The molecule has 0 aliphatic heterocycles. The number of carbonyl (C=O) groups excluding carboxylic acids is 1. The molecular weight excluding hydrogens is 378 g/mol. The number of nitrogens with one attached hydrogen (secondary N) is 1. The fraction of sp³-hybridized carbons (Fsp3) is 0.333. The molecule has 1 aromatic heterocycles. The smallest absolute Gasteiger partial charge is 0.292 e. The molecule has 0 bridgehead atoms. The lowest BCUT2D eigenvalue weighted by Crippen LogP contribution is -2.36. The Morgan fingerprint density at radius 3 is 2.54 bits per heavy atom. The molecule has 0 saturated carbocycles. The first kappa shape index (κ1) is 19.9. The van der Waals surface area contributed by atoms with Gasteiger partial charge in [-0.2, -0.15) is 23.0 Å². The van der Waals surface area contributed by atoms with Crippen LogP contribution in [0.5, 0.6) is 0 Å². The second-order valence-corrected chi connectivity index (χ2v) is 6.29. The molecule has 26 heavy (non-hydrogen) atoms. The van der Waals surface area contributed by atoms with Crippen LogP contribution in [0.3, 0.4) is 0 Å². The van der Waals surface area contributed by atoms with Gasteiger partial charge in [-0.25, -0.2) is 9.18 Å². The summed E-state index contributed by atoms with van der Waals surface area (Å²) < 4.78 is 52.0. The first-order valence-electron chi connectivity index (χ1n) is 7.30. The number of ketones is 1. The highest BCUT2D eigenvalue weighted by molar-refractivity contribution is 7.99. The van der Waals surface area contributed by atoms with E-state index >= 15 is 0 Å². The molecule has 0 unspecified atom stereocenters. The lowest BCUT2D eigenvalue weighted by molar-refractivity contribution is -0.105. The van der Waals surface area contributed by atoms with Crippen molar-refractivity contribution in [1.29, 1.82) is 0 Å². The average molecular weight is 391 g/mol. The number of rotatable bonds is 5. The molecule has 0 saturated heterocycles. The summed E-state index contributed by atoms with van der Waals surface area (Å²) in [5.41, 5.74) is -2.94. The summed E-state index contributed by atoms with van der Waals surface area (Å²) in [6.07, 6.45) is -4.50. The minimum Gasteiger partial charge on any atom is -0.292 e. The molecule has 2 aromatic rings. The number of aromatic nitrogens is 3. The maximum absolute atomic E-state index is 14.3. The molecule has 0 spiro atoms. The Morgan fingerprint density at radius 1 is 1.31 bits per heavy atom. The van der Waals surface area contributed by atoms with E-state index in [1.54, 1.807) is 0 Å². The molecule has 0 aliphatic rings. The molecule has 1 N–H and O–H groups in total. The molecule has 0 aliphatic carbocycles. The second kappa shape index (κ2) is 7.44. The van der Waals surface area contributed by atoms with E-state index in [9.17, 15) is 31.9 Å². The highest BCUT2D eigenvalue weighted by Crippen LogP contribution is 2.31. The largest absolute Gasteiger partial charge is 0.398 e. The summed E-state index contributed by atoms with van der Waals surface area (Å²) in [7, 11) is 0. The van der Waals surface area contributed by atoms with Gasteiger partial charge in [0.05, 0.1) is 5.75 Å². The fourth-order valence-corrected chi connectivity index (χ4v) is 2.83. The summed E-state index contributed by atoms with van der Waals surface area (Å²) in [5, 5.41) is 3.59. The molecule has 11 heteroatoms. The molecule has 0 atom stereocenters. The van der Waals surface area contributed by atoms with E-state index in [-0.39, 0.29) is 16.9 Å². The number of hydrogen-bond acceptors (Lipinski definition) is 5.